The van der Waals surface area contributed by atoms with Gasteiger partial charge in [0.15, 0.2) is 0 Å². The van der Waals surface area contributed by atoms with Crippen LogP contribution in [0, 0.1) is 6.92 Å². The molecule has 1 N–H and O–H groups in total. The monoisotopic (exact) mass is 277 g/mol. The zero-order valence-corrected chi connectivity index (χ0v) is 13.5. The van der Waals surface area contributed by atoms with E-state index in [1.54, 1.807) is 0 Å². The second-order valence-electron chi connectivity index (χ2n) is 5.77. The Hall–Kier alpha value is -1.02. The first-order valence-electron chi connectivity index (χ1n) is 8.18. The molecule has 0 aliphatic rings. The van der Waals surface area contributed by atoms with Crippen molar-refractivity contribution in [1.82, 2.24) is 4.90 Å². The minimum Gasteiger partial charge on any atom is -0.507 e. The van der Waals surface area contributed by atoms with E-state index < -0.39 is 0 Å². The zero-order chi connectivity index (χ0) is 14.8. The van der Waals surface area contributed by atoms with Gasteiger partial charge in [-0.25, -0.2) is 0 Å². The van der Waals surface area contributed by atoms with Crippen molar-refractivity contribution in [2.45, 2.75) is 65.8 Å². The van der Waals surface area contributed by atoms with Gasteiger partial charge in [-0.15, -0.1) is 0 Å². The van der Waals surface area contributed by atoms with Crippen LogP contribution in [-0.2, 0) is 6.54 Å². The topological polar surface area (TPSA) is 23.5 Å². The van der Waals surface area contributed by atoms with Crippen molar-refractivity contribution in [2.24, 2.45) is 0 Å². The van der Waals surface area contributed by atoms with Crippen molar-refractivity contribution >= 4 is 0 Å². The molecule has 0 aliphatic heterocycles. The van der Waals surface area contributed by atoms with Gasteiger partial charge in [0.2, 0.25) is 0 Å². The van der Waals surface area contributed by atoms with Crippen LogP contribution < -0.4 is 0 Å². The van der Waals surface area contributed by atoms with Gasteiger partial charge < -0.3 is 5.11 Å². The van der Waals surface area contributed by atoms with Gasteiger partial charge in [-0.1, -0.05) is 57.7 Å². The van der Waals surface area contributed by atoms with E-state index in [0.717, 1.165) is 30.8 Å². The highest BCUT2D eigenvalue weighted by atomic mass is 16.3. The first-order valence-corrected chi connectivity index (χ1v) is 8.18. The quantitative estimate of drug-likeness (QED) is 0.616. The molecule has 114 valence electrons. The average molecular weight is 277 g/mol. The van der Waals surface area contributed by atoms with E-state index in [-0.39, 0.29) is 0 Å². The molecule has 0 heterocycles. The van der Waals surface area contributed by atoms with Crippen LogP contribution in [0.4, 0.5) is 0 Å². The maximum absolute atomic E-state index is 10.2. The summed E-state index contributed by atoms with van der Waals surface area (Å²) >= 11 is 0. The highest BCUT2D eigenvalue weighted by molar-refractivity contribution is 5.39. The fourth-order valence-electron chi connectivity index (χ4n) is 2.53. The van der Waals surface area contributed by atoms with Crippen LogP contribution in [0.2, 0.25) is 0 Å². The lowest BCUT2D eigenvalue weighted by molar-refractivity contribution is 0.250. The standard InChI is InChI=1S/C18H31NO/c1-4-6-8-13-19(14-9-7-5-2)15-17-12-10-11-16(3)18(17)20/h10-12,20H,4-9,13-15H2,1-3H3. The van der Waals surface area contributed by atoms with E-state index in [0.29, 0.717) is 5.75 Å². The van der Waals surface area contributed by atoms with Crippen molar-refractivity contribution in [3.05, 3.63) is 29.3 Å². The number of nitrogens with zero attached hydrogens (tertiary/aromatic N) is 1. The highest BCUT2D eigenvalue weighted by Crippen LogP contribution is 2.23. The summed E-state index contributed by atoms with van der Waals surface area (Å²) in [7, 11) is 0. The molecule has 2 heteroatoms. The number of unbranched alkanes of at least 4 members (excludes halogenated alkanes) is 4. The second kappa shape index (κ2) is 9.82. The molecule has 0 aromatic heterocycles. The van der Waals surface area contributed by atoms with E-state index in [1.165, 1.54) is 38.5 Å². The number of phenols is 1. The molecule has 0 spiro atoms. The lowest BCUT2D eigenvalue weighted by Crippen LogP contribution is -2.25. The van der Waals surface area contributed by atoms with Gasteiger partial charge in [-0.2, -0.15) is 0 Å². The van der Waals surface area contributed by atoms with Crippen molar-refractivity contribution in [3.63, 3.8) is 0 Å². The van der Waals surface area contributed by atoms with Gasteiger partial charge in [0.25, 0.3) is 0 Å². The van der Waals surface area contributed by atoms with E-state index in [1.807, 2.05) is 19.1 Å². The van der Waals surface area contributed by atoms with E-state index in [2.05, 4.69) is 24.8 Å². The summed E-state index contributed by atoms with van der Waals surface area (Å²) in [6.45, 7) is 9.62. The molecular formula is C18H31NO. The van der Waals surface area contributed by atoms with E-state index in [9.17, 15) is 5.11 Å². The number of aryl methyl sites for hydroxylation is 1. The molecule has 20 heavy (non-hydrogen) atoms. The molecule has 1 rings (SSSR count). The molecule has 0 unspecified atom stereocenters. The normalized spacial score (nSPS) is 11.2. The third-order valence-corrected chi connectivity index (χ3v) is 3.87. The molecule has 0 atom stereocenters. The first kappa shape index (κ1) is 17.0. The third-order valence-electron chi connectivity index (χ3n) is 3.87. The summed E-state index contributed by atoms with van der Waals surface area (Å²) in [6, 6.07) is 6.06. The maximum atomic E-state index is 10.2. The van der Waals surface area contributed by atoms with Crippen LogP contribution in [0.25, 0.3) is 0 Å². The average Bonchev–Trinajstić information content (AvgIpc) is 2.44. The summed E-state index contributed by atoms with van der Waals surface area (Å²) in [4.78, 5) is 2.50. The van der Waals surface area contributed by atoms with Gasteiger partial charge in [0.05, 0.1) is 0 Å². The summed E-state index contributed by atoms with van der Waals surface area (Å²) in [5.41, 5.74) is 2.04. The van der Waals surface area contributed by atoms with Gasteiger partial charge in [-0.05, 0) is 38.4 Å². The molecule has 0 radical (unpaired) electrons. The predicted octanol–water partition coefficient (Wildman–Crippen LogP) is 4.88. The van der Waals surface area contributed by atoms with Crippen LogP contribution in [0.15, 0.2) is 18.2 Å². The van der Waals surface area contributed by atoms with E-state index in [4.69, 9.17) is 0 Å². The SMILES string of the molecule is CCCCCN(CCCCC)Cc1cccc(C)c1O. The molecule has 0 amide bonds. The van der Waals surface area contributed by atoms with Gasteiger partial charge in [0, 0.05) is 12.1 Å². The van der Waals surface area contributed by atoms with E-state index >= 15 is 0 Å². The molecular weight excluding hydrogens is 246 g/mol. The minimum atomic E-state index is 0.475. The number of benzene rings is 1. The fourth-order valence-corrected chi connectivity index (χ4v) is 2.53. The smallest absolute Gasteiger partial charge is 0.122 e. The summed E-state index contributed by atoms with van der Waals surface area (Å²) in [5.74, 6) is 0.475. The highest BCUT2D eigenvalue weighted by Gasteiger charge is 2.09. The van der Waals surface area contributed by atoms with Crippen molar-refractivity contribution in [1.29, 1.82) is 0 Å². The minimum absolute atomic E-state index is 0.475. The number of phenolic OH excluding ortho intramolecular Hbond substituents is 1. The lowest BCUT2D eigenvalue weighted by atomic mass is 10.1. The molecule has 0 saturated heterocycles. The molecule has 1 aromatic rings. The fraction of sp³-hybridized carbons (Fsp3) is 0.667. The first-order chi connectivity index (χ1) is 9.69. The summed E-state index contributed by atoms with van der Waals surface area (Å²) in [5, 5.41) is 10.2. The molecule has 2 nitrogen and oxygen atoms in total. The molecule has 0 aliphatic carbocycles. The summed E-state index contributed by atoms with van der Waals surface area (Å²) in [6.07, 6.45) is 7.63. The maximum Gasteiger partial charge on any atom is 0.122 e. The van der Waals surface area contributed by atoms with Gasteiger partial charge in [0.1, 0.15) is 5.75 Å². The Balaban J connectivity index is 2.59. The molecule has 1 aromatic carbocycles. The molecule has 0 bridgehead atoms. The van der Waals surface area contributed by atoms with Gasteiger partial charge >= 0.3 is 0 Å². The van der Waals surface area contributed by atoms with Crippen LogP contribution in [-0.4, -0.2) is 23.1 Å². The predicted molar refractivity (Wildman–Crippen MR) is 87.2 cm³/mol. The largest absolute Gasteiger partial charge is 0.507 e. The third kappa shape index (κ3) is 5.96. The Morgan fingerprint density at radius 2 is 1.55 bits per heavy atom. The summed E-state index contributed by atoms with van der Waals surface area (Å²) < 4.78 is 0. The van der Waals surface area contributed by atoms with Crippen LogP contribution >= 0.6 is 0 Å². The lowest BCUT2D eigenvalue weighted by Gasteiger charge is -2.23. The van der Waals surface area contributed by atoms with Crippen molar-refractivity contribution in [3.8, 4) is 5.75 Å². The number of rotatable bonds is 10. The number of aromatic hydroxyl groups is 1. The van der Waals surface area contributed by atoms with Crippen LogP contribution in [0.5, 0.6) is 5.75 Å². The number of hydrogen-bond donors (Lipinski definition) is 1. The second-order valence-corrected chi connectivity index (χ2v) is 5.77. The Morgan fingerprint density at radius 1 is 0.950 bits per heavy atom. The Labute approximate surface area is 124 Å². The Morgan fingerprint density at radius 3 is 2.10 bits per heavy atom. The molecule has 0 saturated carbocycles. The molecule has 0 fully saturated rings. The Bertz CT molecular complexity index is 366. The zero-order valence-electron chi connectivity index (χ0n) is 13.5. The van der Waals surface area contributed by atoms with Gasteiger partial charge in [-0.3, -0.25) is 4.90 Å². The van der Waals surface area contributed by atoms with Crippen LogP contribution in [0.1, 0.15) is 63.5 Å². The number of hydrogen-bond acceptors (Lipinski definition) is 2. The van der Waals surface area contributed by atoms with Crippen molar-refractivity contribution < 1.29 is 5.11 Å². The van der Waals surface area contributed by atoms with Crippen molar-refractivity contribution in [2.75, 3.05) is 13.1 Å². The number of para-hydroxylation sites is 1. The van der Waals surface area contributed by atoms with Crippen LogP contribution in [0.3, 0.4) is 0 Å². The Kier molecular flexibility index (Phi) is 8.36.